The summed E-state index contributed by atoms with van der Waals surface area (Å²) < 4.78 is 1.76. The highest BCUT2D eigenvalue weighted by molar-refractivity contribution is 6.01. The summed E-state index contributed by atoms with van der Waals surface area (Å²) in [6.07, 6.45) is 8.01. The first kappa shape index (κ1) is 22.4. The van der Waals surface area contributed by atoms with Crippen molar-refractivity contribution in [2.75, 3.05) is 0 Å². The van der Waals surface area contributed by atoms with E-state index in [1.54, 1.807) is 29.3 Å². The number of carbonyl (C=O) groups excluding carboxylic acids is 1. The van der Waals surface area contributed by atoms with Crippen molar-refractivity contribution in [2.45, 2.75) is 50.8 Å². The van der Waals surface area contributed by atoms with Crippen LogP contribution in [0.1, 0.15) is 41.7 Å². The van der Waals surface area contributed by atoms with Gasteiger partial charge in [-0.3, -0.25) is 14.9 Å². The number of aromatic nitrogens is 6. The third kappa shape index (κ3) is 4.22. The number of nitrogens with zero attached hydrogens (tertiary/aromatic N) is 5. The van der Waals surface area contributed by atoms with Crippen molar-refractivity contribution >= 4 is 27.8 Å². The Morgan fingerprint density at radius 3 is 3.03 bits per heavy atom. The SMILES string of the molecule is Cc1cc(-c2n[nH]c3ccc(C(=O)NC4CCCC(O)(Cn5ncc6cccnc65)C4)cc23)ccn1. The number of aromatic amines is 1. The standard InChI is InChI=1S/C27H27N7O2/c1-17-12-18(8-11-28-17)24-22-13-19(6-7-23(22)32-33-24)26(35)31-21-5-2-9-27(36,14-21)16-34-25-20(15-30-34)4-3-10-29-25/h3-4,6-8,10-13,15,21,36H,2,5,9,14,16H2,1H3,(H,31,35)(H,32,33). The Morgan fingerprint density at radius 1 is 1.22 bits per heavy atom. The average Bonchev–Trinajstić information content (AvgIpc) is 3.48. The second-order valence-corrected chi connectivity index (χ2v) is 9.73. The molecule has 0 aliphatic heterocycles. The maximum atomic E-state index is 13.2. The largest absolute Gasteiger partial charge is 0.388 e. The van der Waals surface area contributed by atoms with Crippen molar-refractivity contribution in [1.29, 1.82) is 0 Å². The summed E-state index contributed by atoms with van der Waals surface area (Å²) in [6.45, 7) is 2.28. The molecule has 9 nitrogen and oxygen atoms in total. The van der Waals surface area contributed by atoms with Crippen LogP contribution >= 0.6 is 0 Å². The molecule has 6 rings (SSSR count). The first-order valence-electron chi connectivity index (χ1n) is 12.2. The van der Waals surface area contributed by atoms with Gasteiger partial charge in [0.15, 0.2) is 5.65 Å². The van der Waals surface area contributed by atoms with Crippen LogP contribution in [0.15, 0.2) is 61.1 Å². The van der Waals surface area contributed by atoms with Gasteiger partial charge >= 0.3 is 0 Å². The number of nitrogens with one attached hydrogen (secondary N) is 2. The summed E-state index contributed by atoms with van der Waals surface area (Å²) in [5.41, 5.74) is 3.86. The summed E-state index contributed by atoms with van der Waals surface area (Å²) in [7, 11) is 0. The maximum absolute atomic E-state index is 13.2. The molecule has 0 saturated heterocycles. The molecule has 0 bridgehead atoms. The Balaban J connectivity index is 1.20. The number of benzene rings is 1. The van der Waals surface area contributed by atoms with Crippen molar-refractivity contribution < 1.29 is 9.90 Å². The fourth-order valence-corrected chi connectivity index (χ4v) is 5.25. The van der Waals surface area contributed by atoms with Gasteiger partial charge in [-0.15, -0.1) is 0 Å². The van der Waals surface area contributed by atoms with Crippen molar-refractivity contribution in [3.8, 4) is 11.3 Å². The minimum Gasteiger partial charge on any atom is -0.388 e. The molecule has 1 aliphatic carbocycles. The highest BCUT2D eigenvalue weighted by atomic mass is 16.3. The summed E-state index contributed by atoms with van der Waals surface area (Å²) in [4.78, 5) is 21.9. The van der Waals surface area contributed by atoms with Crippen LogP contribution in [0.4, 0.5) is 0 Å². The van der Waals surface area contributed by atoms with Gasteiger partial charge in [0, 0.05) is 46.0 Å². The molecule has 2 atom stereocenters. The van der Waals surface area contributed by atoms with Gasteiger partial charge in [0.1, 0.15) is 5.69 Å². The molecule has 182 valence electrons. The van der Waals surface area contributed by atoms with Crippen LogP contribution in [0.5, 0.6) is 0 Å². The molecule has 0 radical (unpaired) electrons. The predicted octanol–water partition coefficient (Wildman–Crippen LogP) is 3.78. The molecule has 0 spiro atoms. The van der Waals surface area contributed by atoms with Gasteiger partial charge in [-0.05, 0) is 75.1 Å². The topological polar surface area (TPSA) is 122 Å². The number of hydrogen-bond acceptors (Lipinski definition) is 6. The number of aryl methyl sites for hydroxylation is 1. The van der Waals surface area contributed by atoms with E-state index in [-0.39, 0.29) is 11.9 Å². The van der Waals surface area contributed by atoms with Gasteiger partial charge in [-0.1, -0.05) is 0 Å². The van der Waals surface area contributed by atoms with E-state index in [1.807, 2.05) is 43.3 Å². The van der Waals surface area contributed by atoms with Crippen molar-refractivity contribution in [2.24, 2.45) is 0 Å². The molecule has 9 heteroatoms. The van der Waals surface area contributed by atoms with E-state index in [0.717, 1.165) is 51.7 Å². The van der Waals surface area contributed by atoms with Crippen LogP contribution in [0.25, 0.3) is 33.2 Å². The lowest BCUT2D eigenvalue weighted by atomic mass is 9.81. The monoisotopic (exact) mass is 481 g/mol. The number of H-pyrrole nitrogens is 1. The second kappa shape index (κ2) is 8.83. The number of hydrogen-bond donors (Lipinski definition) is 3. The quantitative estimate of drug-likeness (QED) is 0.351. The Bertz CT molecular complexity index is 1570. The van der Waals surface area contributed by atoms with Gasteiger partial charge in [-0.2, -0.15) is 10.2 Å². The van der Waals surface area contributed by atoms with E-state index in [2.05, 4.69) is 30.6 Å². The predicted molar refractivity (Wildman–Crippen MR) is 136 cm³/mol. The summed E-state index contributed by atoms with van der Waals surface area (Å²) in [5, 5.41) is 28.3. The highest BCUT2D eigenvalue weighted by Gasteiger charge is 2.36. The number of rotatable bonds is 5. The van der Waals surface area contributed by atoms with Crippen LogP contribution in [-0.4, -0.2) is 52.6 Å². The van der Waals surface area contributed by atoms with E-state index in [9.17, 15) is 9.90 Å². The van der Waals surface area contributed by atoms with E-state index in [0.29, 0.717) is 24.9 Å². The van der Waals surface area contributed by atoms with E-state index in [1.165, 1.54) is 0 Å². The summed E-state index contributed by atoms with van der Waals surface area (Å²) >= 11 is 0. The molecule has 1 aliphatic rings. The van der Waals surface area contributed by atoms with E-state index in [4.69, 9.17) is 0 Å². The Labute approximate surface area is 207 Å². The Morgan fingerprint density at radius 2 is 2.14 bits per heavy atom. The molecule has 36 heavy (non-hydrogen) atoms. The smallest absolute Gasteiger partial charge is 0.251 e. The minimum atomic E-state index is -0.965. The first-order valence-corrected chi connectivity index (χ1v) is 12.2. The van der Waals surface area contributed by atoms with Gasteiger partial charge in [0.05, 0.1) is 23.9 Å². The lowest BCUT2D eigenvalue weighted by molar-refractivity contribution is -0.0228. The molecule has 1 saturated carbocycles. The zero-order valence-electron chi connectivity index (χ0n) is 20.0. The van der Waals surface area contributed by atoms with Crippen LogP contribution in [0.3, 0.4) is 0 Å². The number of fused-ring (bicyclic) bond motifs is 2. The molecule has 5 aromatic rings. The number of carbonyl (C=O) groups is 1. The number of amides is 1. The van der Waals surface area contributed by atoms with Crippen LogP contribution < -0.4 is 5.32 Å². The number of pyridine rings is 2. The molecule has 2 unspecified atom stereocenters. The maximum Gasteiger partial charge on any atom is 0.251 e. The molecular weight excluding hydrogens is 454 g/mol. The van der Waals surface area contributed by atoms with Crippen molar-refractivity contribution in [3.63, 3.8) is 0 Å². The first-order chi connectivity index (χ1) is 17.5. The van der Waals surface area contributed by atoms with Crippen LogP contribution in [0, 0.1) is 6.92 Å². The van der Waals surface area contributed by atoms with Gasteiger partial charge in [0.25, 0.3) is 5.91 Å². The highest BCUT2D eigenvalue weighted by Crippen LogP contribution is 2.31. The molecule has 4 heterocycles. The van der Waals surface area contributed by atoms with E-state index >= 15 is 0 Å². The van der Waals surface area contributed by atoms with Crippen molar-refractivity contribution in [3.05, 3.63) is 72.3 Å². The molecule has 1 amide bonds. The lowest BCUT2D eigenvalue weighted by Crippen LogP contribution is -2.47. The zero-order chi connectivity index (χ0) is 24.7. The number of aliphatic hydroxyl groups is 1. The average molecular weight is 482 g/mol. The third-order valence-corrected chi connectivity index (χ3v) is 6.99. The van der Waals surface area contributed by atoms with Gasteiger partial charge < -0.3 is 10.4 Å². The minimum absolute atomic E-state index is 0.131. The summed E-state index contributed by atoms with van der Waals surface area (Å²) in [5.74, 6) is -0.157. The fourth-order valence-electron chi connectivity index (χ4n) is 5.25. The Kier molecular flexibility index (Phi) is 5.49. The lowest BCUT2D eigenvalue weighted by Gasteiger charge is -2.37. The van der Waals surface area contributed by atoms with Crippen LogP contribution in [-0.2, 0) is 6.54 Å². The normalized spacial score (nSPS) is 20.1. The third-order valence-electron chi connectivity index (χ3n) is 6.99. The Hall–Kier alpha value is -4.11. The summed E-state index contributed by atoms with van der Waals surface area (Å²) in [6, 6.07) is 13.1. The fraction of sp³-hybridized carbons (Fsp3) is 0.296. The zero-order valence-corrected chi connectivity index (χ0v) is 20.0. The van der Waals surface area contributed by atoms with Crippen molar-refractivity contribution in [1.82, 2.24) is 35.3 Å². The van der Waals surface area contributed by atoms with Gasteiger partial charge in [-0.25, -0.2) is 9.67 Å². The van der Waals surface area contributed by atoms with Crippen LogP contribution in [0.2, 0.25) is 0 Å². The second-order valence-electron chi connectivity index (χ2n) is 9.73. The van der Waals surface area contributed by atoms with Gasteiger partial charge in [0.2, 0.25) is 0 Å². The molecule has 3 N–H and O–H groups in total. The van der Waals surface area contributed by atoms with E-state index < -0.39 is 5.60 Å². The molecule has 1 aromatic carbocycles. The molecule has 4 aromatic heterocycles. The molecule has 1 fully saturated rings. The molecular formula is C27H27N7O2.